The fraction of sp³-hybridized carbons (Fsp3) is 0.250. The number of hydrogen-bond acceptors (Lipinski definition) is 5. The molecule has 1 aliphatic rings. The van der Waals surface area contributed by atoms with Crippen LogP contribution in [0, 0.1) is 6.92 Å². The van der Waals surface area contributed by atoms with Crippen LogP contribution in [0.2, 0.25) is 0 Å². The van der Waals surface area contributed by atoms with E-state index in [0.29, 0.717) is 17.4 Å². The van der Waals surface area contributed by atoms with E-state index in [-0.39, 0.29) is 24.4 Å². The Morgan fingerprint density at radius 1 is 1.29 bits per heavy atom. The van der Waals surface area contributed by atoms with Gasteiger partial charge in [0.25, 0.3) is 0 Å². The normalized spacial score (nSPS) is 16.4. The van der Waals surface area contributed by atoms with Gasteiger partial charge in [-0.25, -0.2) is 9.78 Å². The van der Waals surface area contributed by atoms with E-state index in [1.807, 2.05) is 49.4 Å². The van der Waals surface area contributed by atoms with Crippen molar-refractivity contribution < 1.29 is 14.3 Å². The lowest BCUT2D eigenvalue weighted by atomic mass is 10.2. The molecule has 8 heteroatoms. The Balaban J connectivity index is 1.40. The molecule has 7 nitrogen and oxygen atoms in total. The molecule has 3 amide bonds. The summed E-state index contributed by atoms with van der Waals surface area (Å²) in [6.45, 7) is 2.40. The second-order valence-corrected chi connectivity index (χ2v) is 7.68. The summed E-state index contributed by atoms with van der Waals surface area (Å²) in [5, 5.41) is 6.19. The molecule has 1 aromatic heterocycles. The number of amides is 3. The minimum atomic E-state index is -0.359. The lowest BCUT2D eigenvalue weighted by Crippen LogP contribution is -2.39. The van der Waals surface area contributed by atoms with Crippen LogP contribution < -0.4 is 20.3 Å². The van der Waals surface area contributed by atoms with Gasteiger partial charge >= 0.3 is 6.03 Å². The molecule has 0 spiro atoms. The average molecular weight is 396 g/mol. The molecule has 3 aromatic rings. The van der Waals surface area contributed by atoms with E-state index in [0.717, 1.165) is 21.5 Å². The van der Waals surface area contributed by atoms with Crippen molar-refractivity contribution in [2.45, 2.75) is 19.4 Å². The van der Waals surface area contributed by atoms with Crippen molar-refractivity contribution in [3.05, 3.63) is 48.0 Å². The first-order chi connectivity index (χ1) is 13.5. The minimum Gasteiger partial charge on any atom is -0.497 e. The SMILES string of the molecule is COc1cccc(N2C[C@H](NC(=O)Nc3nc4c(C)cccc4s3)CC2=O)c1. The van der Waals surface area contributed by atoms with Gasteiger partial charge in [0.2, 0.25) is 5.91 Å². The van der Waals surface area contributed by atoms with Gasteiger partial charge in [0.05, 0.1) is 23.4 Å². The van der Waals surface area contributed by atoms with Crippen LogP contribution in [-0.2, 0) is 4.79 Å². The standard InChI is InChI=1S/C20H20N4O3S/c1-12-5-3-8-16-18(12)22-20(28-16)23-19(26)21-13-9-17(25)24(11-13)14-6-4-7-15(10-14)27-2/h3-8,10,13H,9,11H2,1-2H3,(H2,21,22,23,26)/t13-/m1/s1. The summed E-state index contributed by atoms with van der Waals surface area (Å²) in [6, 6.07) is 12.6. The smallest absolute Gasteiger partial charge is 0.321 e. The summed E-state index contributed by atoms with van der Waals surface area (Å²) in [5.74, 6) is 0.653. The van der Waals surface area contributed by atoms with Crippen LogP contribution in [0.5, 0.6) is 5.75 Å². The number of carbonyl (C=O) groups excluding carboxylic acids is 2. The second kappa shape index (κ2) is 7.47. The highest BCUT2D eigenvalue weighted by Gasteiger charge is 2.31. The molecule has 1 saturated heterocycles. The number of aryl methyl sites for hydroxylation is 1. The zero-order valence-corrected chi connectivity index (χ0v) is 16.4. The largest absolute Gasteiger partial charge is 0.497 e. The van der Waals surface area contributed by atoms with Gasteiger partial charge in [-0.15, -0.1) is 0 Å². The van der Waals surface area contributed by atoms with Gasteiger partial charge in [0.15, 0.2) is 5.13 Å². The van der Waals surface area contributed by atoms with E-state index in [9.17, 15) is 9.59 Å². The lowest BCUT2D eigenvalue weighted by Gasteiger charge is -2.18. The Kier molecular flexibility index (Phi) is 4.87. The number of methoxy groups -OCH3 is 1. The number of hydrogen-bond donors (Lipinski definition) is 2. The molecule has 2 N–H and O–H groups in total. The molecular weight excluding hydrogens is 376 g/mol. The predicted molar refractivity (Wildman–Crippen MR) is 110 cm³/mol. The highest BCUT2D eigenvalue weighted by Crippen LogP contribution is 2.28. The summed E-state index contributed by atoms with van der Waals surface area (Å²) in [6.07, 6.45) is 0.254. The Morgan fingerprint density at radius 3 is 2.89 bits per heavy atom. The fourth-order valence-electron chi connectivity index (χ4n) is 3.29. The molecule has 2 aromatic carbocycles. The van der Waals surface area contributed by atoms with Crippen LogP contribution in [0.15, 0.2) is 42.5 Å². The summed E-state index contributed by atoms with van der Waals surface area (Å²) < 4.78 is 6.24. The Labute approximate surface area is 166 Å². The summed E-state index contributed by atoms with van der Waals surface area (Å²) in [5.41, 5.74) is 2.72. The molecule has 144 valence electrons. The molecule has 0 aliphatic carbocycles. The van der Waals surface area contributed by atoms with Crippen molar-refractivity contribution in [1.29, 1.82) is 0 Å². The number of thiazole rings is 1. The van der Waals surface area contributed by atoms with Gasteiger partial charge in [-0.1, -0.05) is 29.5 Å². The molecular formula is C20H20N4O3S. The van der Waals surface area contributed by atoms with Crippen molar-refractivity contribution in [2.75, 3.05) is 23.9 Å². The van der Waals surface area contributed by atoms with Gasteiger partial charge in [0.1, 0.15) is 5.75 Å². The van der Waals surface area contributed by atoms with Gasteiger partial charge in [-0.05, 0) is 30.7 Å². The van der Waals surface area contributed by atoms with Crippen molar-refractivity contribution in [3.63, 3.8) is 0 Å². The molecule has 28 heavy (non-hydrogen) atoms. The van der Waals surface area contributed by atoms with Crippen LogP contribution in [-0.4, -0.2) is 36.6 Å². The van der Waals surface area contributed by atoms with Crippen molar-refractivity contribution >= 4 is 44.3 Å². The number of fused-ring (bicyclic) bond motifs is 1. The van der Waals surface area contributed by atoms with Crippen LogP contribution in [0.3, 0.4) is 0 Å². The van der Waals surface area contributed by atoms with Crippen molar-refractivity contribution in [1.82, 2.24) is 10.3 Å². The Bertz CT molecular complexity index is 1050. The van der Waals surface area contributed by atoms with Gasteiger partial charge in [0, 0.05) is 24.7 Å². The zero-order chi connectivity index (χ0) is 19.7. The number of para-hydroxylation sites is 1. The van der Waals surface area contributed by atoms with Gasteiger partial charge in [-0.2, -0.15) is 0 Å². The Morgan fingerprint density at radius 2 is 2.11 bits per heavy atom. The summed E-state index contributed by atoms with van der Waals surface area (Å²) in [7, 11) is 1.59. The molecule has 0 saturated carbocycles. The number of nitrogens with zero attached hydrogens (tertiary/aromatic N) is 2. The molecule has 1 fully saturated rings. The molecule has 2 heterocycles. The van der Waals surface area contributed by atoms with E-state index in [2.05, 4.69) is 15.6 Å². The number of anilines is 2. The molecule has 1 atom stereocenters. The van der Waals surface area contributed by atoms with Gasteiger partial charge < -0.3 is 15.0 Å². The number of benzene rings is 2. The number of urea groups is 1. The first-order valence-electron chi connectivity index (χ1n) is 8.91. The van der Waals surface area contributed by atoms with Crippen LogP contribution in [0.1, 0.15) is 12.0 Å². The number of nitrogens with one attached hydrogen (secondary N) is 2. The van der Waals surface area contributed by atoms with Crippen molar-refractivity contribution in [2.24, 2.45) is 0 Å². The van der Waals surface area contributed by atoms with Gasteiger partial charge in [-0.3, -0.25) is 10.1 Å². The maximum Gasteiger partial charge on any atom is 0.321 e. The van der Waals surface area contributed by atoms with Crippen molar-refractivity contribution in [3.8, 4) is 5.75 Å². The summed E-state index contributed by atoms with van der Waals surface area (Å²) >= 11 is 1.43. The van der Waals surface area contributed by atoms with E-state index in [4.69, 9.17) is 4.74 Å². The third-order valence-electron chi connectivity index (χ3n) is 4.67. The number of aromatic nitrogens is 1. The fourth-order valence-corrected chi connectivity index (χ4v) is 4.23. The molecule has 0 radical (unpaired) electrons. The first kappa shape index (κ1) is 18.2. The molecule has 0 unspecified atom stereocenters. The number of carbonyl (C=O) groups is 2. The Hall–Kier alpha value is -3.13. The zero-order valence-electron chi connectivity index (χ0n) is 15.6. The van der Waals surface area contributed by atoms with Crippen LogP contribution >= 0.6 is 11.3 Å². The molecule has 0 bridgehead atoms. The van der Waals surface area contributed by atoms with Crippen LogP contribution in [0.25, 0.3) is 10.2 Å². The average Bonchev–Trinajstić information content (AvgIpc) is 3.25. The molecule has 4 rings (SSSR count). The summed E-state index contributed by atoms with van der Waals surface area (Å²) in [4.78, 5) is 30.9. The van der Waals surface area contributed by atoms with E-state index >= 15 is 0 Å². The maximum absolute atomic E-state index is 12.4. The van der Waals surface area contributed by atoms with E-state index in [1.165, 1.54) is 11.3 Å². The van der Waals surface area contributed by atoms with E-state index in [1.54, 1.807) is 12.0 Å². The predicted octanol–water partition coefficient (Wildman–Crippen LogP) is 3.54. The highest BCUT2D eigenvalue weighted by molar-refractivity contribution is 7.22. The highest BCUT2D eigenvalue weighted by atomic mass is 32.1. The third-order valence-corrected chi connectivity index (χ3v) is 5.60. The minimum absolute atomic E-state index is 0.0332. The maximum atomic E-state index is 12.4. The first-order valence-corrected chi connectivity index (χ1v) is 9.73. The second-order valence-electron chi connectivity index (χ2n) is 6.65. The monoisotopic (exact) mass is 396 g/mol. The number of ether oxygens (including phenoxy) is 1. The number of rotatable bonds is 4. The van der Waals surface area contributed by atoms with Crippen LogP contribution in [0.4, 0.5) is 15.6 Å². The quantitative estimate of drug-likeness (QED) is 0.707. The lowest BCUT2D eigenvalue weighted by molar-refractivity contribution is -0.117. The third kappa shape index (κ3) is 3.63. The van der Waals surface area contributed by atoms with E-state index < -0.39 is 0 Å². The molecule has 1 aliphatic heterocycles. The topological polar surface area (TPSA) is 83.6 Å².